The summed E-state index contributed by atoms with van der Waals surface area (Å²) in [5, 5.41) is 6.60. The zero-order chi connectivity index (χ0) is 13.0. The van der Waals surface area contributed by atoms with Gasteiger partial charge in [0.25, 0.3) is 0 Å². The number of amides is 1. The monoisotopic (exact) mass is 253 g/mol. The number of aromatic nitrogens is 1. The highest BCUT2D eigenvalue weighted by Crippen LogP contribution is 2.25. The fraction of sp³-hybridized carbons (Fsp3) is 0.667. The summed E-state index contributed by atoms with van der Waals surface area (Å²) in [5.74, 6) is 0.00796. The van der Waals surface area contributed by atoms with Gasteiger partial charge in [-0.05, 0) is 19.3 Å². The van der Waals surface area contributed by atoms with Gasteiger partial charge in [-0.3, -0.25) is 4.79 Å². The predicted molar refractivity (Wildman–Crippen MR) is 64.5 cm³/mol. The Kier molecular flexibility index (Phi) is 4.33. The summed E-state index contributed by atoms with van der Waals surface area (Å²) in [4.78, 5) is 12.0. The van der Waals surface area contributed by atoms with Crippen LogP contribution in [0.3, 0.4) is 0 Å². The molecule has 6 heteroatoms. The number of nitrogens with zero attached hydrogens (tertiary/aromatic N) is 1. The molecule has 100 valence electrons. The summed E-state index contributed by atoms with van der Waals surface area (Å²) in [6.07, 6.45) is 3.78. The minimum atomic E-state index is -0.0263. The first-order valence-corrected chi connectivity index (χ1v) is 6.16. The summed E-state index contributed by atoms with van der Waals surface area (Å²) >= 11 is 0. The Hall–Kier alpha value is -1.40. The SMILES string of the molecule is CO[C@H]1C[C@@H](C(=O)NCc2ccon2)CC[C@@H]1N. The highest BCUT2D eigenvalue weighted by atomic mass is 16.5. The number of nitrogens with one attached hydrogen (secondary N) is 1. The molecular formula is C12H19N3O3. The first kappa shape index (κ1) is 13.0. The van der Waals surface area contributed by atoms with Crippen LogP contribution in [-0.2, 0) is 16.1 Å². The molecule has 1 fully saturated rings. The van der Waals surface area contributed by atoms with Crippen LogP contribution in [0.5, 0.6) is 0 Å². The van der Waals surface area contributed by atoms with Crippen molar-refractivity contribution in [2.24, 2.45) is 11.7 Å². The molecule has 6 nitrogen and oxygen atoms in total. The Morgan fingerprint density at radius 1 is 1.67 bits per heavy atom. The van der Waals surface area contributed by atoms with Crippen LogP contribution in [0.1, 0.15) is 25.0 Å². The van der Waals surface area contributed by atoms with Crippen molar-refractivity contribution in [2.45, 2.75) is 38.0 Å². The fourth-order valence-corrected chi connectivity index (χ4v) is 2.31. The summed E-state index contributed by atoms with van der Waals surface area (Å²) in [6, 6.07) is 1.77. The van der Waals surface area contributed by atoms with Gasteiger partial charge in [-0.2, -0.15) is 0 Å². The van der Waals surface area contributed by atoms with E-state index in [1.165, 1.54) is 6.26 Å². The van der Waals surface area contributed by atoms with Gasteiger partial charge in [0.1, 0.15) is 12.0 Å². The van der Waals surface area contributed by atoms with Gasteiger partial charge < -0.3 is 20.3 Å². The fourth-order valence-electron chi connectivity index (χ4n) is 2.31. The third kappa shape index (κ3) is 3.08. The maximum absolute atomic E-state index is 12.0. The Balaban J connectivity index is 1.82. The highest BCUT2D eigenvalue weighted by Gasteiger charge is 2.31. The van der Waals surface area contributed by atoms with Crippen LogP contribution in [-0.4, -0.2) is 30.3 Å². The first-order valence-electron chi connectivity index (χ1n) is 6.16. The molecule has 1 aromatic heterocycles. The standard InChI is InChI=1S/C12H19N3O3/c1-17-11-6-8(2-3-10(11)13)12(16)14-7-9-4-5-18-15-9/h4-5,8,10-11H,2-3,6-7,13H2,1H3,(H,14,16)/t8-,10-,11-/m0/s1. The van der Waals surface area contributed by atoms with E-state index >= 15 is 0 Å². The molecule has 1 aromatic rings. The van der Waals surface area contributed by atoms with E-state index in [1.54, 1.807) is 13.2 Å². The Morgan fingerprint density at radius 3 is 3.17 bits per heavy atom. The van der Waals surface area contributed by atoms with Gasteiger partial charge >= 0.3 is 0 Å². The zero-order valence-corrected chi connectivity index (χ0v) is 10.5. The van der Waals surface area contributed by atoms with Gasteiger partial charge in [0.15, 0.2) is 0 Å². The molecule has 3 atom stereocenters. The molecule has 0 aromatic carbocycles. The molecule has 3 N–H and O–H groups in total. The third-order valence-electron chi connectivity index (χ3n) is 3.45. The van der Waals surface area contributed by atoms with E-state index < -0.39 is 0 Å². The van der Waals surface area contributed by atoms with E-state index in [2.05, 4.69) is 10.5 Å². The molecule has 0 bridgehead atoms. The van der Waals surface area contributed by atoms with Crippen molar-refractivity contribution in [3.05, 3.63) is 18.0 Å². The minimum absolute atomic E-state index is 0.0262. The van der Waals surface area contributed by atoms with Crippen LogP contribution >= 0.6 is 0 Å². The smallest absolute Gasteiger partial charge is 0.223 e. The number of hydrogen-bond acceptors (Lipinski definition) is 5. The average Bonchev–Trinajstić information content (AvgIpc) is 2.89. The van der Waals surface area contributed by atoms with Gasteiger partial charge in [-0.25, -0.2) is 0 Å². The summed E-state index contributed by atoms with van der Waals surface area (Å²) in [6.45, 7) is 0.398. The van der Waals surface area contributed by atoms with Gasteiger partial charge in [0.2, 0.25) is 5.91 Å². The molecular weight excluding hydrogens is 234 g/mol. The Morgan fingerprint density at radius 2 is 2.50 bits per heavy atom. The third-order valence-corrected chi connectivity index (χ3v) is 3.45. The van der Waals surface area contributed by atoms with Crippen LogP contribution in [0.15, 0.2) is 16.9 Å². The van der Waals surface area contributed by atoms with Crippen LogP contribution in [0.4, 0.5) is 0 Å². The lowest BCUT2D eigenvalue weighted by Gasteiger charge is -2.32. The molecule has 2 rings (SSSR count). The van der Waals surface area contributed by atoms with E-state index in [1.807, 2.05) is 0 Å². The van der Waals surface area contributed by atoms with E-state index in [4.69, 9.17) is 15.0 Å². The normalized spacial score (nSPS) is 28.0. The predicted octanol–water partition coefficient (Wildman–Crippen LogP) is 0.433. The number of nitrogens with two attached hydrogens (primary N) is 1. The maximum atomic E-state index is 12.0. The number of ether oxygens (including phenoxy) is 1. The van der Waals surface area contributed by atoms with E-state index in [-0.39, 0.29) is 24.0 Å². The molecule has 18 heavy (non-hydrogen) atoms. The lowest BCUT2D eigenvalue weighted by molar-refractivity contribution is -0.128. The number of carbonyl (C=O) groups is 1. The van der Waals surface area contributed by atoms with Crippen molar-refractivity contribution in [1.29, 1.82) is 0 Å². The molecule has 1 saturated carbocycles. The van der Waals surface area contributed by atoms with Gasteiger partial charge in [-0.1, -0.05) is 5.16 Å². The largest absolute Gasteiger partial charge is 0.380 e. The molecule has 1 aliphatic carbocycles. The molecule has 0 radical (unpaired) electrons. The second-order valence-electron chi connectivity index (χ2n) is 4.66. The Bertz CT molecular complexity index is 380. The zero-order valence-electron chi connectivity index (χ0n) is 10.5. The topological polar surface area (TPSA) is 90.4 Å². The van der Waals surface area contributed by atoms with Gasteiger partial charge in [0, 0.05) is 25.1 Å². The molecule has 1 heterocycles. The molecule has 1 amide bonds. The van der Waals surface area contributed by atoms with Gasteiger partial charge in [-0.15, -0.1) is 0 Å². The van der Waals surface area contributed by atoms with E-state index in [9.17, 15) is 4.79 Å². The van der Waals surface area contributed by atoms with Crippen molar-refractivity contribution in [1.82, 2.24) is 10.5 Å². The molecule has 1 aliphatic rings. The summed E-state index contributed by atoms with van der Waals surface area (Å²) < 4.78 is 10.0. The van der Waals surface area contributed by atoms with Crippen LogP contribution < -0.4 is 11.1 Å². The second-order valence-corrected chi connectivity index (χ2v) is 4.66. The lowest BCUT2D eigenvalue weighted by atomic mass is 9.83. The second kappa shape index (κ2) is 5.97. The number of hydrogen-bond donors (Lipinski definition) is 2. The van der Waals surface area contributed by atoms with Crippen LogP contribution in [0.2, 0.25) is 0 Å². The van der Waals surface area contributed by atoms with Crippen molar-refractivity contribution in [2.75, 3.05) is 7.11 Å². The maximum Gasteiger partial charge on any atom is 0.223 e. The van der Waals surface area contributed by atoms with E-state index in [0.717, 1.165) is 18.5 Å². The number of carbonyl (C=O) groups excluding carboxylic acids is 1. The minimum Gasteiger partial charge on any atom is -0.380 e. The van der Waals surface area contributed by atoms with Crippen molar-refractivity contribution < 1.29 is 14.1 Å². The van der Waals surface area contributed by atoms with Crippen LogP contribution in [0, 0.1) is 5.92 Å². The lowest BCUT2D eigenvalue weighted by Crippen LogP contribution is -2.45. The summed E-state index contributed by atoms with van der Waals surface area (Å²) in [7, 11) is 1.64. The number of rotatable bonds is 4. The van der Waals surface area contributed by atoms with Crippen molar-refractivity contribution in [3.63, 3.8) is 0 Å². The van der Waals surface area contributed by atoms with Crippen molar-refractivity contribution in [3.8, 4) is 0 Å². The van der Waals surface area contributed by atoms with Crippen molar-refractivity contribution >= 4 is 5.91 Å². The molecule has 0 unspecified atom stereocenters. The summed E-state index contributed by atoms with van der Waals surface area (Å²) in [5.41, 5.74) is 6.65. The Labute approximate surface area is 106 Å². The average molecular weight is 253 g/mol. The quantitative estimate of drug-likeness (QED) is 0.812. The highest BCUT2D eigenvalue weighted by molar-refractivity contribution is 5.78. The van der Waals surface area contributed by atoms with Crippen LogP contribution in [0.25, 0.3) is 0 Å². The van der Waals surface area contributed by atoms with Gasteiger partial charge in [0.05, 0.1) is 12.6 Å². The number of methoxy groups -OCH3 is 1. The molecule has 0 aliphatic heterocycles. The molecule has 0 spiro atoms. The molecule has 0 saturated heterocycles. The first-order chi connectivity index (χ1) is 8.70. The van der Waals surface area contributed by atoms with E-state index in [0.29, 0.717) is 13.0 Å².